The van der Waals surface area contributed by atoms with E-state index in [4.69, 9.17) is 21.1 Å². The van der Waals surface area contributed by atoms with Gasteiger partial charge in [-0.15, -0.1) is 0 Å². The number of anilines is 1. The molecule has 0 radical (unpaired) electrons. The van der Waals surface area contributed by atoms with E-state index in [1.165, 1.54) is 0 Å². The van der Waals surface area contributed by atoms with Crippen LogP contribution in [0.1, 0.15) is 13.3 Å². The highest BCUT2D eigenvalue weighted by molar-refractivity contribution is 6.30. The van der Waals surface area contributed by atoms with Gasteiger partial charge in [-0.1, -0.05) is 30.7 Å². The zero-order chi connectivity index (χ0) is 18.8. The van der Waals surface area contributed by atoms with Crippen LogP contribution in [0.15, 0.2) is 48.5 Å². The largest absolute Gasteiger partial charge is 0.492 e. The van der Waals surface area contributed by atoms with Gasteiger partial charge in [0.25, 0.3) is 0 Å². The quantitative estimate of drug-likeness (QED) is 0.678. The minimum Gasteiger partial charge on any atom is -0.492 e. The third kappa shape index (κ3) is 6.94. The fourth-order valence-corrected chi connectivity index (χ4v) is 2.40. The van der Waals surface area contributed by atoms with E-state index in [0.717, 1.165) is 12.2 Å². The van der Waals surface area contributed by atoms with Gasteiger partial charge in [0.15, 0.2) is 0 Å². The van der Waals surface area contributed by atoms with E-state index in [1.54, 1.807) is 12.1 Å². The molecule has 26 heavy (non-hydrogen) atoms. The Hall–Kier alpha value is -2.24. The van der Waals surface area contributed by atoms with Gasteiger partial charge in [0.1, 0.15) is 18.1 Å². The molecule has 0 bridgehead atoms. The highest BCUT2D eigenvalue weighted by Crippen LogP contribution is 2.23. The predicted molar refractivity (Wildman–Crippen MR) is 105 cm³/mol. The number of nitrogens with zero attached hydrogens (tertiary/aromatic N) is 1. The number of benzene rings is 2. The number of halogens is 1. The van der Waals surface area contributed by atoms with Crippen molar-refractivity contribution in [2.45, 2.75) is 13.3 Å². The fourth-order valence-electron chi connectivity index (χ4n) is 2.27. The maximum Gasteiger partial charge on any atom is 0.238 e. The Morgan fingerprint density at radius 2 is 1.81 bits per heavy atom. The van der Waals surface area contributed by atoms with Gasteiger partial charge in [0.2, 0.25) is 5.91 Å². The van der Waals surface area contributed by atoms with E-state index in [2.05, 4.69) is 5.32 Å². The van der Waals surface area contributed by atoms with Crippen LogP contribution in [-0.4, -0.2) is 44.2 Å². The Morgan fingerprint density at radius 1 is 1.08 bits per heavy atom. The standard InChI is InChI=1S/C20H25ClN2O3/c1-3-13-26-19-7-5-4-6-18(19)22-20(24)15-23(2)12-14-25-17-10-8-16(21)9-11-17/h4-11H,3,12-15H2,1-2H3,(H,22,24). The molecule has 1 N–H and O–H groups in total. The van der Waals surface area contributed by atoms with Crippen molar-refractivity contribution in [3.63, 3.8) is 0 Å². The Balaban J connectivity index is 1.75. The zero-order valence-electron chi connectivity index (χ0n) is 15.2. The first-order valence-corrected chi connectivity index (χ1v) is 9.05. The van der Waals surface area contributed by atoms with Gasteiger partial charge in [0.05, 0.1) is 18.8 Å². The van der Waals surface area contributed by atoms with Gasteiger partial charge in [-0.2, -0.15) is 0 Å². The van der Waals surface area contributed by atoms with Crippen LogP contribution < -0.4 is 14.8 Å². The smallest absolute Gasteiger partial charge is 0.238 e. The van der Waals surface area contributed by atoms with Gasteiger partial charge in [-0.05, 0) is 49.9 Å². The molecule has 2 aromatic rings. The van der Waals surface area contributed by atoms with E-state index >= 15 is 0 Å². The van der Waals surface area contributed by atoms with Gasteiger partial charge in [0, 0.05) is 11.6 Å². The van der Waals surface area contributed by atoms with Crippen molar-refractivity contribution in [3.8, 4) is 11.5 Å². The van der Waals surface area contributed by atoms with Crippen LogP contribution in [0.4, 0.5) is 5.69 Å². The molecule has 1 amide bonds. The molecular formula is C20H25ClN2O3. The molecule has 0 saturated carbocycles. The Labute approximate surface area is 159 Å². The molecule has 6 heteroatoms. The average molecular weight is 377 g/mol. The number of nitrogens with one attached hydrogen (secondary N) is 1. The molecule has 0 saturated heterocycles. The van der Waals surface area contributed by atoms with Crippen molar-refractivity contribution in [1.29, 1.82) is 0 Å². The first-order valence-electron chi connectivity index (χ1n) is 8.67. The first kappa shape index (κ1) is 20.1. The molecule has 0 aliphatic heterocycles. The van der Waals surface area contributed by atoms with Gasteiger partial charge in [-0.25, -0.2) is 0 Å². The molecule has 0 aliphatic carbocycles. The monoisotopic (exact) mass is 376 g/mol. The van der Waals surface area contributed by atoms with Crippen molar-refractivity contribution in [1.82, 2.24) is 4.90 Å². The highest BCUT2D eigenvalue weighted by Gasteiger charge is 2.10. The van der Waals surface area contributed by atoms with Crippen LogP contribution in [0.2, 0.25) is 5.02 Å². The van der Waals surface area contributed by atoms with Crippen molar-refractivity contribution in [2.75, 3.05) is 38.7 Å². The van der Waals surface area contributed by atoms with E-state index in [1.807, 2.05) is 55.3 Å². The van der Waals surface area contributed by atoms with Crippen molar-refractivity contribution in [2.24, 2.45) is 0 Å². The average Bonchev–Trinajstić information content (AvgIpc) is 2.62. The molecule has 140 valence electrons. The minimum absolute atomic E-state index is 0.0912. The molecule has 0 aromatic heterocycles. The molecule has 0 spiro atoms. The van der Waals surface area contributed by atoms with Crippen molar-refractivity contribution in [3.05, 3.63) is 53.6 Å². The number of likely N-dealkylation sites (N-methyl/N-ethyl adjacent to an activating group) is 1. The molecule has 2 aromatic carbocycles. The molecule has 2 rings (SSSR count). The molecule has 0 atom stereocenters. The number of rotatable bonds is 10. The molecule has 0 fully saturated rings. The second kappa shape index (κ2) is 10.7. The maximum atomic E-state index is 12.3. The molecule has 0 heterocycles. The second-order valence-electron chi connectivity index (χ2n) is 5.93. The predicted octanol–water partition coefficient (Wildman–Crippen LogP) is 4.08. The van der Waals surface area contributed by atoms with Crippen LogP contribution in [0.25, 0.3) is 0 Å². The molecule has 5 nitrogen and oxygen atoms in total. The summed E-state index contributed by atoms with van der Waals surface area (Å²) in [5.74, 6) is 1.36. The van der Waals surface area contributed by atoms with Gasteiger partial charge < -0.3 is 14.8 Å². The van der Waals surface area contributed by atoms with E-state index < -0.39 is 0 Å². The molecule has 0 aliphatic rings. The summed E-state index contributed by atoms with van der Waals surface area (Å²) >= 11 is 5.84. The number of carbonyl (C=O) groups is 1. The van der Waals surface area contributed by atoms with E-state index in [0.29, 0.717) is 36.2 Å². The van der Waals surface area contributed by atoms with Crippen LogP contribution in [-0.2, 0) is 4.79 Å². The third-order valence-electron chi connectivity index (χ3n) is 3.59. The summed E-state index contributed by atoms with van der Waals surface area (Å²) in [7, 11) is 1.88. The number of para-hydroxylation sites is 2. The second-order valence-corrected chi connectivity index (χ2v) is 6.37. The van der Waals surface area contributed by atoms with Crippen molar-refractivity contribution < 1.29 is 14.3 Å². The summed E-state index contributed by atoms with van der Waals surface area (Å²) in [6.45, 7) is 4.05. The number of amides is 1. The summed E-state index contributed by atoms with van der Waals surface area (Å²) in [5.41, 5.74) is 0.691. The van der Waals surface area contributed by atoms with E-state index in [-0.39, 0.29) is 12.5 Å². The van der Waals surface area contributed by atoms with Crippen LogP contribution in [0.3, 0.4) is 0 Å². The lowest BCUT2D eigenvalue weighted by molar-refractivity contribution is -0.117. The first-order chi connectivity index (χ1) is 12.6. The highest BCUT2D eigenvalue weighted by atomic mass is 35.5. The fraction of sp³-hybridized carbons (Fsp3) is 0.350. The summed E-state index contributed by atoms with van der Waals surface area (Å²) in [5, 5.41) is 3.58. The number of hydrogen-bond acceptors (Lipinski definition) is 4. The van der Waals surface area contributed by atoms with Crippen LogP contribution in [0.5, 0.6) is 11.5 Å². The Morgan fingerprint density at radius 3 is 2.54 bits per heavy atom. The lowest BCUT2D eigenvalue weighted by Gasteiger charge is -2.17. The summed E-state index contributed by atoms with van der Waals surface area (Å²) in [6.07, 6.45) is 0.915. The third-order valence-corrected chi connectivity index (χ3v) is 3.84. The minimum atomic E-state index is -0.0912. The van der Waals surface area contributed by atoms with Crippen molar-refractivity contribution >= 4 is 23.2 Å². The number of carbonyl (C=O) groups excluding carboxylic acids is 1. The maximum absolute atomic E-state index is 12.3. The lowest BCUT2D eigenvalue weighted by Crippen LogP contribution is -2.33. The Kier molecular flexibility index (Phi) is 8.25. The molecular weight excluding hydrogens is 352 g/mol. The van der Waals surface area contributed by atoms with Gasteiger partial charge in [-0.3, -0.25) is 9.69 Å². The van der Waals surface area contributed by atoms with E-state index in [9.17, 15) is 4.79 Å². The summed E-state index contributed by atoms with van der Waals surface area (Å²) in [6, 6.07) is 14.7. The summed E-state index contributed by atoms with van der Waals surface area (Å²) < 4.78 is 11.3. The van der Waals surface area contributed by atoms with Crippen LogP contribution >= 0.6 is 11.6 Å². The number of hydrogen-bond donors (Lipinski definition) is 1. The van der Waals surface area contributed by atoms with Crippen LogP contribution in [0, 0.1) is 0 Å². The summed E-state index contributed by atoms with van der Waals surface area (Å²) in [4.78, 5) is 14.2. The van der Waals surface area contributed by atoms with Gasteiger partial charge >= 0.3 is 0 Å². The zero-order valence-corrected chi connectivity index (χ0v) is 16.0. The normalized spacial score (nSPS) is 10.6. The molecule has 0 unspecified atom stereocenters. The number of ether oxygens (including phenoxy) is 2. The topological polar surface area (TPSA) is 50.8 Å². The SMILES string of the molecule is CCCOc1ccccc1NC(=O)CN(C)CCOc1ccc(Cl)cc1. The Bertz CT molecular complexity index is 692. The lowest BCUT2D eigenvalue weighted by atomic mass is 10.3.